The number of hydrogen-bond acceptors (Lipinski definition) is 2. The molecule has 206 valence electrons. The Bertz CT molecular complexity index is 1220. The van der Waals surface area contributed by atoms with E-state index in [4.69, 9.17) is 28.0 Å². The van der Waals surface area contributed by atoms with Crippen molar-refractivity contribution in [2.75, 3.05) is 7.05 Å². The molecular weight excluding hydrogens is 518 g/mol. The first-order chi connectivity index (χ1) is 18.1. The van der Waals surface area contributed by atoms with E-state index in [1.165, 1.54) is 31.4 Å². The first-order valence-electron chi connectivity index (χ1n) is 13.2. The summed E-state index contributed by atoms with van der Waals surface area (Å²) in [6, 6.07) is 4.69. The van der Waals surface area contributed by atoms with Crippen LogP contribution in [0.5, 0.6) is 0 Å². The van der Waals surface area contributed by atoms with Crippen molar-refractivity contribution in [2.24, 2.45) is 10.9 Å². The Balaban J connectivity index is 0.000000423. The molecule has 3 nitrogen and oxygen atoms in total. The number of aryl methyl sites for hydroxylation is 1. The second-order valence-electron chi connectivity index (χ2n) is 9.76. The molecule has 0 radical (unpaired) electrons. The molecule has 38 heavy (non-hydrogen) atoms. The second kappa shape index (κ2) is 15.8. The summed E-state index contributed by atoms with van der Waals surface area (Å²) in [7, 11) is 1.75. The van der Waals surface area contributed by atoms with Crippen molar-refractivity contribution in [2.45, 2.75) is 73.3 Å². The molecule has 1 aliphatic rings. The molecule has 1 unspecified atom stereocenters. The van der Waals surface area contributed by atoms with E-state index in [0.29, 0.717) is 10.6 Å². The quantitative estimate of drug-likeness (QED) is 0.171. The van der Waals surface area contributed by atoms with Crippen molar-refractivity contribution < 1.29 is 9.23 Å². The minimum absolute atomic E-state index is 0.0226. The molecule has 0 saturated carbocycles. The predicted molar refractivity (Wildman–Crippen MR) is 163 cm³/mol. The van der Waals surface area contributed by atoms with Gasteiger partial charge in [-0.3, -0.25) is 4.99 Å². The maximum absolute atomic E-state index is 13.9. The fraction of sp³-hybridized carbons (Fsp3) is 0.406. The molecule has 0 amide bonds. The molecule has 1 heterocycles. The molecule has 1 aromatic heterocycles. The highest BCUT2D eigenvalue weighted by Crippen LogP contribution is 2.33. The van der Waals surface area contributed by atoms with Crippen LogP contribution in [0, 0.1) is 18.7 Å². The zero-order valence-corrected chi connectivity index (χ0v) is 25.2. The van der Waals surface area contributed by atoms with Crippen LogP contribution < -0.4 is 4.84 Å². The van der Waals surface area contributed by atoms with E-state index in [9.17, 15) is 4.39 Å². The van der Waals surface area contributed by atoms with Crippen LogP contribution in [0.2, 0.25) is 10.0 Å². The Hall–Kier alpha value is -2.56. The van der Waals surface area contributed by atoms with Gasteiger partial charge in [-0.15, -0.1) is 0 Å². The molecule has 0 N–H and O–H groups in total. The Morgan fingerprint density at radius 2 is 1.95 bits per heavy atom. The third kappa shape index (κ3) is 9.03. The summed E-state index contributed by atoms with van der Waals surface area (Å²) in [5, 5.41) is 0.343. The lowest BCUT2D eigenvalue weighted by atomic mass is 9.96. The average molecular weight is 560 g/mol. The van der Waals surface area contributed by atoms with E-state index in [1.807, 2.05) is 38.4 Å². The maximum Gasteiger partial charge on any atom is 0.150 e. The number of rotatable bonds is 9. The smallest absolute Gasteiger partial charge is 0.150 e. The molecule has 1 aliphatic carbocycles. The van der Waals surface area contributed by atoms with Gasteiger partial charge < -0.3 is 4.84 Å². The van der Waals surface area contributed by atoms with Crippen LogP contribution >= 0.6 is 23.2 Å². The van der Waals surface area contributed by atoms with Crippen molar-refractivity contribution in [3.63, 3.8) is 0 Å². The van der Waals surface area contributed by atoms with Crippen molar-refractivity contribution in [1.29, 1.82) is 0 Å². The molecular formula is C32H41Cl2FN2O. The zero-order valence-electron chi connectivity index (χ0n) is 23.7. The average Bonchev–Trinajstić information content (AvgIpc) is 3.22. The molecule has 0 aliphatic heterocycles. The normalized spacial score (nSPS) is 15.0. The lowest BCUT2D eigenvalue weighted by Gasteiger charge is -2.20. The monoisotopic (exact) mass is 558 g/mol. The summed E-state index contributed by atoms with van der Waals surface area (Å²) >= 11 is 12.4. The number of allylic oxidation sites excluding steroid dienone is 7. The van der Waals surface area contributed by atoms with Gasteiger partial charge in [-0.25, -0.2) is 4.39 Å². The van der Waals surface area contributed by atoms with Gasteiger partial charge in [0.2, 0.25) is 0 Å². The molecule has 0 spiro atoms. The van der Waals surface area contributed by atoms with Gasteiger partial charge in [0.25, 0.3) is 0 Å². The number of benzene rings is 1. The van der Waals surface area contributed by atoms with E-state index >= 15 is 0 Å². The van der Waals surface area contributed by atoms with Gasteiger partial charge in [-0.2, -0.15) is 4.73 Å². The van der Waals surface area contributed by atoms with Crippen LogP contribution in [0.1, 0.15) is 83.2 Å². The van der Waals surface area contributed by atoms with E-state index in [2.05, 4.69) is 50.1 Å². The maximum atomic E-state index is 13.9. The van der Waals surface area contributed by atoms with Gasteiger partial charge in [0.05, 0.1) is 10.7 Å². The lowest BCUT2D eigenvalue weighted by Crippen LogP contribution is -2.17. The first-order valence-corrected chi connectivity index (χ1v) is 14.0. The number of aromatic nitrogens is 1. The van der Waals surface area contributed by atoms with Gasteiger partial charge in [-0.1, -0.05) is 73.9 Å². The number of halogens is 3. The Kier molecular flexibility index (Phi) is 13.1. The summed E-state index contributed by atoms with van der Waals surface area (Å²) in [6.07, 6.45) is 18.6. The Morgan fingerprint density at radius 3 is 2.53 bits per heavy atom. The van der Waals surface area contributed by atoms with Gasteiger partial charge in [0.15, 0.2) is 6.10 Å². The van der Waals surface area contributed by atoms with Crippen LogP contribution in [-0.2, 0) is 0 Å². The fourth-order valence-corrected chi connectivity index (χ4v) is 4.99. The van der Waals surface area contributed by atoms with Crippen molar-refractivity contribution in [1.82, 2.24) is 4.73 Å². The highest BCUT2D eigenvalue weighted by atomic mass is 35.5. The topological polar surface area (TPSA) is 26.5 Å². The van der Waals surface area contributed by atoms with Crippen LogP contribution in [0.25, 0.3) is 6.08 Å². The lowest BCUT2D eigenvalue weighted by molar-refractivity contribution is 0.0470. The van der Waals surface area contributed by atoms with Crippen LogP contribution in [-0.4, -0.2) is 18.0 Å². The van der Waals surface area contributed by atoms with Gasteiger partial charge in [0, 0.05) is 30.0 Å². The van der Waals surface area contributed by atoms with Crippen LogP contribution in [0.3, 0.4) is 0 Å². The standard InChI is InChI=1S/C22H25Cl2FN2O.C10H16/c1-6-16(17(7-2)13-26-5)12-20-14(3)10-11-27(20)28-15(4)21-18(23)8-9-19(25)22(21)24;1-9(2)8-10-6-4-3-5-7-10/h7-13,15H,6H2,1-5H3;3-4,6,9H,5,7-8H2,1-2H3/b16-12+,17-7+,26-13?;. The number of hydrogen-bond donors (Lipinski definition) is 0. The molecule has 3 rings (SSSR count). The molecule has 0 bridgehead atoms. The van der Waals surface area contributed by atoms with E-state index in [-0.39, 0.29) is 5.02 Å². The summed E-state index contributed by atoms with van der Waals surface area (Å²) in [6.45, 7) is 12.4. The van der Waals surface area contributed by atoms with Crippen LogP contribution in [0.4, 0.5) is 4.39 Å². The van der Waals surface area contributed by atoms with Gasteiger partial charge in [-0.05, 0) is 93.4 Å². The molecule has 2 aromatic rings. The van der Waals surface area contributed by atoms with Crippen molar-refractivity contribution in [3.8, 4) is 0 Å². The molecule has 6 heteroatoms. The second-order valence-corrected chi connectivity index (χ2v) is 10.5. The van der Waals surface area contributed by atoms with Gasteiger partial charge in [0.1, 0.15) is 5.82 Å². The summed E-state index contributed by atoms with van der Waals surface area (Å²) in [5.74, 6) is 0.294. The van der Waals surface area contributed by atoms with E-state index in [1.54, 1.807) is 24.3 Å². The van der Waals surface area contributed by atoms with Crippen molar-refractivity contribution >= 4 is 35.5 Å². The predicted octanol–water partition coefficient (Wildman–Crippen LogP) is 10.2. The Labute approximate surface area is 238 Å². The van der Waals surface area contributed by atoms with E-state index < -0.39 is 11.9 Å². The van der Waals surface area contributed by atoms with Crippen molar-refractivity contribution in [3.05, 3.63) is 98.1 Å². The number of nitrogens with zero attached hydrogens (tertiary/aromatic N) is 2. The molecule has 1 aromatic carbocycles. The highest BCUT2D eigenvalue weighted by molar-refractivity contribution is 6.36. The fourth-order valence-electron chi connectivity index (χ4n) is 4.31. The SMILES string of the molecule is C/C=C(C=NC)/C(=C/c1c(C)ccn1OC(C)c1c(Cl)ccc(F)c1Cl)CC.CC(C)CC1=CC=CCC1. The highest BCUT2D eigenvalue weighted by Gasteiger charge is 2.20. The largest absolute Gasteiger partial charge is 0.406 e. The minimum atomic E-state index is -0.543. The molecule has 0 fully saturated rings. The van der Waals surface area contributed by atoms with Gasteiger partial charge >= 0.3 is 0 Å². The Morgan fingerprint density at radius 1 is 1.21 bits per heavy atom. The molecule has 1 atom stereocenters. The summed E-state index contributed by atoms with van der Waals surface area (Å²) in [5.41, 5.74) is 6.19. The number of aliphatic imine (C=N–C) groups is 1. The third-order valence-corrected chi connectivity index (χ3v) is 6.99. The zero-order chi connectivity index (χ0) is 28.2. The summed E-state index contributed by atoms with van der Waals surface area (Å²) < 4.78 is 15.5. The van der Waals surface area contributed by atoms with E-state index in [0.717, 1.165) is 34.7 Å². The third-order valence-electron chi connectivity index (χ3n) is 6.27. The molecule has 0 saturated heterocycles. The summed E-state index contributed by atoms with van der Waals surface area (Å²) in [4.78, 5) is 10.2. The first kappa shape index (κ1) is 31.7. The van der Waals surface area contributed by atoms with Crippen LogP contribution in [0.15, 0.2) is 70.4 Å². The minimum Gasteiger partial charge on any atom is -0.406 e.